The third kappa shape index (κ3) is 3.99. The molecule has 2 amide bonds. The Balaban J connectivity index is 1.45. The van der Waals surface area contributed by atoms with Gasteiger partial charge in [-0.3, -0.25) is 14.5 Å². The second-order valence-electron chi connectivity index (χ2n) is 6.22. The van der Waals surface area contributed by atoms with Crippen LogP contribution in [-0.2, 0) is 9.59 Å². The number of fused-ring (bicyclic) bond motifs is 1. The minimum atomic E-state index is -0.326. The number of nitrogens with zero attached hydrogens (tertiary/aromatic N) is 2. The van der Waals surface area contributed by atoms with E-state index in [1.807, 2.05) is 55.5 Å². The Morgan fingerprint density at radius 3 is 2.82 bits per heavy atom. The number of benzene rings is 2. The van der Waals surface area contributed by atoms with Gasteiger partial charge in [-0.15, -0.1) is 0 Å². The number of thiocarbonyl (C=S) groups is 1. The summed E-state index contributed by atoms with van der Waals surface area (Å²) in [5, 5.41) is 3.28. The lowest BCUT2D eigenvalue weighted by Gasteiger charge is -2.13. The van der Waals surface area contributed by atoms with Crippen molar-refractivity contribution in [3.63, 3.8) is 0 Å². The van der Waals surface area contributed by atoms with E-state index in [2.05, 4.69) is 10.3 Å². The van der Waals surface area contributed by atoms with Crippen molar-refractivity contribution in [1.82, 2.24) is 9.88 Å². The van der Waals surface area contributed by atoms with Crippen molar-refractivity contribution in [1.29, 1.82) is 0 Å². The molecule has 0 unspecified atom stereocenters. The predicted octanol–water partition coefficient (Wildman–Crippen LogP) is 4.44. The molecule has 0 bridgehead atoms. The van der Waals surface area contributed by atoms with Crippen molar-refractivity contribution in [2.24, 2.45) is 0 Å². The molecular weight excluding hydrogens is 410 g/mol. The lowest BCUT2D eigenvalue weighted by atomic mass is 10.2. The van der Waals surface area contributed by atoms with E-state index < -0.39 is 0 Å². The average molecular weight is 426 g/mol. The van der Waals surface area contributed by atoms with E-state index in [9.17, 15) is 9.59 Å². The number of carbonyl (C=O) groups is 2. The number of aromatic nitrogens is 1. The van der Waals surface area contributed by atoms with Gasteiger partial charge in [-0.25, -0.2) is 4.98 Å². The van der Waals surface area contributed by atoms with E-state index >= 15 is 0 Å². The molecule has 1 aromatic heterocycles. The first-order chi connectivity index (χ1) is 13.5. The van der Waals surface area contributed by atoms with Gasteiger partial charge < -0.3 is 5.32 Å². The molecule has 140 valence electrons. The van der Waals surface area contributed by atoms with Gasteiger partial charge in [0.05, 0.1) is 15.1 Å². The summed E-state index contributed by atoms with van der Waals surface area (Å²) in [6.07, 6.45) is 1.78. The monoisotopic (exact) mass is 425 g/mol. The van der Waals surface area contributed by atoms with Crippen LogP contribution in [0, 0.1) is 6.92 Å². The highest BCUT2D eigenvalue weighted by atomic mass is 32.2. The molecule has 2 aromatic carbocycles. The molecule has 1 aliphatic rings. The van der Waals surface area contributed by atoms with Crippen molar-refractivity contribution in [2.75, 3.05) is 11.9 Å². The highest BCUT2D eigenvalue weighted by molar-refractivity contribution is 8.26. The normalized spacial score (nSPS) is 15.6. The van der Waals surface area contributed by atoms with Crippen LogP contribution in [0.5, 0.6) is 0 Å². The van der Waals surface area contributed by atoms with E-state index in [-0.39, 0.29) is 18.4 Å². The largest absolute Gasteiger partial charge is 0.300 e. The summed E-state index contributed by atoms with van der Waals surface area (Å²) in [6, 6.07) is 15.5. The van der Waals surface area contributed by atoms with Gasteiger partial charge in [-0.1, -0.05) is 71.7 Å². The second kappa shape index (κ2) is 7.83. The molecule has 0 aliphatic carbocycles. The highest BCUT2D eigenvalue weighted by Gasteiger charge is 2.33. The zero-order chi connectivity index (χ0) is 19.7. The predicted molar refractivity (Wildman–Crippen MR) is 119 cm³/mol. The summed E-state index contributed by atoms with van der Waals surface area (Å²) in [7, 11) is 0. The molecule has 1 fully saturated rings. The Morgan fingerprint density at radius 1 is 1.25 bits per heavy atom. The standard InChI is InChI=1S/C20H15N3O2S3/c1-12-7-8-14-15(9-12)27-19(21-14)22-17(24)11-23-18(25)16(28-20(23)26)10-13-5-3-2-4-6-13/h2-10H,11H2,1H3,(H,21,22,24)/b16-10-. The number of carbonyl (C=O) groups excluding carboxylic acids is 2. The highest BCUT2D eigenvalue weighted by Crippen LogP contribution is 2.32. The van der Waals surface area contributed by atoms with Crippen LogP contribution in [-0.4, -0.2) is 32.6 Å². The number of hydrogen-bond donors (Lipinski definition) is 1. The molecule has 1 saturated heterocycles. The topological polar surface area (TPSA) is 62.3 Å². The van der Waals surface area contributed by atoms with Crippen molar-refractivity contribution in [3.05, 3.63) is 64.6 Å². The fraction of sp³-hybridized carbons (Fsp3) is 0.100. The Kier molecular flexibility index (Phi) is 5.25. The van der Waals surface area contributed by atoms with E-state index in [0.29, 0.717) is 14.4 Å². The van der Waals surface area contributed by atoms with Crippen LogP contribution in [0.1, 0.15) is 11.1 Å². The summed E-state index contributed by atoms with van der Waals surface area (Å²) in [5.74, 6) is -0.582. The molecule has 0 atom stereocenters. The molecule has 8 heteroatoms. The first-order valence-electron chi connectivity index (χ1n) is 8.47. The maximum atomic E-state index is 12.6. The zero-order valence-electron chi connectivity index (χ0n) is 14.8. The van der Waals surface area contributed by atoms with Crippen LogP contribution < -0.4 is 5.32 Å². The maximum absolute atomic E-state index is 12.6. The number of nitrogens with one attached hydrogen (secondary N) is 1. The Hall–Kier alpha value is -2.55. The fourth-order valence-electron chi connectivity index (χ4n) is 2.72. The molecule has 0 saturated carbocycles. The van der Waals surface area contributed by atoms with Gasteiger partial charge in [0.25, 0.3) is 5.91 Å². The number of amides is 2. The maximum Gasteiger partial charge on any atom is 0.266 e. The molecule has 3 aromatic rings. The Morgan fingerprint density at radius 2 is 2.04 bits per heavy atom. The van der Waals surface area contributed by atoms with E-state index in [1.54, 1.807) is 6.08 Å². The number of anilines is 1. The van der Waals surface area contributed by atoms with Gasteiger partial charge in [-0.2, -0.15) is 0 Å². The molecule has 5 nitrogen and oxygen atoms in total. The summed E-state index contributed by atoms with van der Waals surface area (Å²) >= 11 is 7.91. The summed E-state index contributed by atoms with van der Waals surface area (Å²) < 4.78 is 1.38. The second-order valence-corrected chi connectivity index (χ2v) is 8.92. The molecular formula is C20H15N3O2S3. The van der Waals surface area contributed by atoms with Gasteiger partial charge in [0.15, 0.2) is 5.13 Å². The number of hydrogen-bond acceptors (Lipinski definition) is 6. The number of thiazole rings is 1. The Labute approximate surface area is 175 Å². The summed E-state index contributed by atoms with van der Waals surface area (Å²) in [6.45, 7) is 1.88. The Bertz CT molecular complexity index is 1120. The van der Waals surface area contributed by atoms with Crippen LogP contribution in [0.2, 0.25) is 0 Å². The minimum Gasteiger partial charge on any atom is -0.300 e. The lowest BCUT2D eigenvalue weighted by Crippen LogP contribution is -2.36. The molecule has 28 heavy (non-hydrogen) atoms. The van der Waals surface area contributed by atoms with Crippen LogP contribution in [0.3, 0.4) is 0 Å². The van der Waals surface area contributed by atoms with Crippen molar-refractivity contribution < 1.29 is 9.59 Å². The van der Waals surface area contributed by atoms with Gasteiger partial charge in [0, 0.05) is 0 Å². The van der Waals surface area contributed by atoms with Gasteiger partial charge >= 0.3 is 0 Å². The molecule has 2 heterocycles. The first kappa shape index (κ1) is 18.8. The van der Waals surface area contributed by atoms with Crippen molar-refractivity contribution in [3.8, 4) is 0 Å². The number of thioether (sulfide) groups is 1. The van der Waals surface area contributed by atoms with E-state index in [0.717, 1.165) is 21.3 Å². The quantitative estimate of drug-likeness (QED) is 0.494. The molecule has 0 spiro atoms. The third-order valence-electron chi connectivity index (χ3n) is 4.06. The molecule has 1 N–H and O–H groups in total. The molecule has 1 aliphatic heterocycles. The lowest BCUT2D eigenvalue weighted by molar-refractivity contribution is -0.126. The molecule has 4 rings (SSSR count). The molecule has 0 radical (unpaired) electrons. The van der Waals surface area contributed by atoms with Crippen LogP contribution in [0.15, 0.2) is 53.4 Å². The summed E-state index contributed by atoms with van der Waals surface area (Å²) in [5.41, 5.74) is 2.89. The zero-order valence-corrected chi connectivity index (χ0v) is 17.3. The van der Waals surface area contributed by atoms with E-state index in [4.69, 9.17) is 12.2 Å². The van der Waals surface area contributed by atoms with Gasteiger partial charge in [-0.05, 0) is 36.3 Å². The van der Waals surface area contributed by atoms with Gasteiger partial charge in [0.1, 0.15) is 10.9 Å². The minimum absolute atomic E-state index is 0.133. The van der Waals surface area contributed by atoms with E-state index in [1.165, 1.54) is 28.0 Å². The number of rotatable bonds is 4. The average Bonchev–Trinajstić information content (AvgIpc) is 3.17. The number of aryl methyl sites for hydroxylation is 1. The SMILES string of the molecule is Cc1ccc2nc(NC(=O)CN3C(=O)/C(=C/c4ccccc4)SC3=S)sc2c1. The third-order valence-corrected chi connectivity index (χ3v) is 6.37. The van der Waals surface area contributed by atoms with Crippen molar-refractivity contribution in [2.45, 2.75) is 6.92 Å². The smallest absolute Gasteiger partial charge is 0.266 e. The van der Waals surface area contributed by atoms with Crippen molar-refractivity contribution >= 4 is 72.9 Å². The summed E-state index contributed by atoms with van der Waals surface area (Å²) in [4.78, 5) is 31.3. The fourth-order valence-corrected chi connectivity index (χ4v) is 4.96. The first-order valence-corrected chi connectivity index (χ1v) is 10.5. The van der Waals surface area contributed by atoms with Gasteiger partial charge in [0.2, 0.25) is 5.91 Å². The van der Waals surface area contributed by atoms with Crippen LogP contribution in [0.4, 0.5) is 5.13 Å². The van der Waals surface area contributed by atoms with Crippen LogP contribution >= 0.6 is 35.3 Å². The van der Waals surface area contributed by atoms with Crippen LogP contribution in [0.25, 0.3) is 16.3 Å².